The van der Waals surface area contributed by atoms with E-state index in [1.54, 1.807) is 17.8 Å². The van der Waals surface area contributed by atoms with Crippen LogP contribution in [0.2, 0.25) is 0 Å². The van der Waals surface area contributed by atoms with Gasteiger partial charge in [0.05, 0.1) is 7.05 Å². The van der Waals surface area contributed by atoms with E-state index in [1.165, 1.54) is 12.5 Å². The third kappa shape index (κ3) is 8.01. The normalized spacial score (nSPS) is 13.6. The molecule has 1 N–H and O–H groups in total. The Kier molecular flexibility index (Phi) is 9.66. The molecule has 0 saturated carbocycles. The highest BCUT2D eigenvalue weighted by atomic mass is 32.2. The first-order valence-electron chi connectivity index (χ1n) is 6.89. The lowest BCUT2D eigenvalue weighted by atomic mass is 10.1. The SMILES string of the molecule is C.C[n+]1ccn(CC(F)(F)F)c1.O=C(NS(=O)(=O)C(F)(F)F)C(F)(F)C(F)(F)C(F)(F)F. The van der Waals surface area contributed by atoms with Crippen LogP contribution in [-0.2, 0) is 28.4 Å². The van der Waals surface area contributed by atoms with Crippen molar-refractivity contribution in [3.05, 3.63) is 18.7 Å². The van der Waals surface area contributed by atoms with Crippen LogP contribution < -0.4 is 9.29 Å². The first-order valence-corrected chi connectivity index (χ1v) is 8.37. The Morgan fingerprint density at radius 1 is 0.938 bits per heavy atom. The molecule has 6 nitrogen and oxygen atoms in total. The fourth-order valence-corrected chi connectivity index (χ4v) is 1.85. The molecule has 0 aromatic carbocycles. The molecule has 190 valence electrons. The van der Waals surface area contributed by atoms with Gasteiger partial charge >= 0.3 is 45.6 Å². The Morgan fingerprint density at radius 3 is 1.66 bits per heavy atom. The number of amides is 1. The van der Waals surface area contributed by atoms with Gasteiger partial charge < -0.3 is 0 Å². The molecule has 0 spiro atoms. The molecule has 0 radical (unpaired) electrons. The van der Waals surface area contributed by atoms with Gasteiger partial charge in [0, 0.05) is 0 Å². The fourth-order valence-electron chi connectivity index (χ4n) is 1.37. The minimum absolute atomic E-state index is 0. The van der Waals surface area contributed by atoms with Crippen molar-refractivity contribution < 1.29 is 74.9 Å². The highest BCUT2D eigenvalue weighted by Gasteiger charge is 2.77. The number of aryl methyl sites for hydroxylation is 1. The van der Waals surface area contributed by atoms with E-state index in [0.29, 0.717) is 0 Å². The lowest BCUT2D eigenvalue weighted by Crippen LogP contribution is -2.60. The number of nitrogens with zero attached hydrogens (tertiary/aromatic N) is 2. The zero-order chi connectivity index (χ0) is 25.3. The number of carbonyl (C=O) groups excluding carboxylic acids is 1. The Labute approximate surface area is 170 Å². The highest BCUT2D eigenvalue weighted by Crippen LogP contribution is 2.46. The number of hydrogen-bond acceptors (Lipinski definition) is 3. The molecule has 0 fully saturated rings. The largest absolute Gasteiger partial charge is 0.516 e. The molecule has 20 heteroatoms. The number of halogens is 13. The number of hydrogen-bond donors (Lipinski definition) is 1. The second-order valence-electron chi connectivity index (χ2n) is 5.39. The molecular weight excluding hydrogens is 513 g/mol. The first kappa shape index (κ1) is 31.9. The van der Waals surface area contributed by atoms with Gasteiger partial charge in [0.25, 0.3) is 0 Å². The number of imidazole rings is 1. The van der Waals surface area contributed by atoms with Crippen molar-refractivity contribution in [2.24, 2.45) is 7.05 Å². The van der Waals surface area contributed by atoms with Crippen molar-refractivity contribution in [1.29, 1.82) is 0 Å². The quantitative estimate of drug-likeness (QED) is 0.484. The molecule has 0 aliphatic rings. The maximum absolute atomic E-state index is 12.5. The van der Waals surface area contributed by atoms with Gasteiger partial charge in [-0.3, -0.25) is 4.79 Å². The van der Waals surface area contributed by atoms with Gasteiger partial charge in [-0.05, 0) is 0 Å². The molecule has 0 aliphatic carbocycles. The van der Waals surface area contributed by atoms with Crippen LogP contribution in [0.5, 0.6) is 0 Å². The summed E-state index contributed by atoms with van der Waals surface area (Å²) < 4.78 is 177. The Hall–Kier alpha value is -2.28. The average molecular weight is 526 g/mol. The second-order valence-corrected chi connectivity index (χ2v) is 7.07. The molecule has 0 bridgehead atoms. The third-order valence-electron chi connectivity index (χ3n) is 2.75. The summed E-state index contributed by atoms with van der Waals surface area (Å²) in [5, 5.41) is 0. The van der Waals surface area contributed by atoms with Crippen LogP contribution in [0.15, 0.2) is 18.7 Å². The van der Waals surface area contributed by atoms with Gasteiger partial charge in [0.15, 0.2) is 6.54 Å². The molecule has 32 heavy (non-hydrogen) atoms. The third-order valence-corrected chi connectivity index (χ3v) is 3.82. The summed E-state index contributed by atoms with van der Waals surface area (Å²) in [5.74, 6) is -17.8. The number of sulfonamides is 1. The monoisotopic (exact) mass is 526 g/mol. The summed E-state index contributed by atoms with van der Waals surface area (Å²) in [7, 11) is -5.19. The van der Waals surface area contributed by atoms with Gasteiger partial charge in [-0.2, -0.15) is 65.5 Å². The van der Waals surface area contributed by atoms with Crippen LogP contribution in [0, 0.1) is 0 Å². The van der Waals surface area contributed by atoms with E-state index >= 15 is 0 Å². The van der Waals surface area contributed by atoms with E-state index in [1.807, 2.05) is 0 Å². The van der Waals surface area contributed by atoms with E-state index in [2.05, 4.69) is 0 Å². The fraction of sp³-hybridized carbons (Fsp3) is 0.667. The van der Waals surface area contributed by atoms with Crippen LogP contribution >= 0.6 is 0 Å². The number of alkyl halides is 13. The van der Waals surface area contributed by atoms with Crippen molar-refractivity contribution >= 4 is 15.9 Å². The standard InChI is InChI=1S/C6H8F3N2.C5HF10NO3S.CH4/c1-10-2-3-11(5-10)4-6(7,8)9;6-2(7,3(8,9)4(10,11)12)1(17)16-20(18,19)5(13,14)15;/h2-3,5H,4H2,1H3;(H,16,17);1H4/q+1;;. The smallest absolute Gasteiger partial charge is 0.267 e. The predicted octanol–water partition coefficient (Wildman–Crippen LogP) is 3.30. The molecule has 1 amide bonds. The lowest BCUT2D eigenvalue weighted by Gasteiger charge is -2.26. The van der Waals surface area contributed by atoms with E-state index in [4.69, 9.17) is 0 Å². The minimum Gasteiger partial charge on any atom is -0.267 e. The Bertz CT molecular complexity index is 869. The number of rotatable bonds is 4. The predicted molar refractivity (Wildman–Crippen MR) is 77.5 cm³/mol. The summed E-state index contributed by atoms with van der Waals surface area (Å²) >= 11 is 0. The maximum Gasteiger partial charge on any atom is 0.516 e. The molecule has 1 aromatic heterocycles. The maximum atomic E-state index is 12.5. The minimum atomic E-state index is -7.08. The zero-order valence-corrected chi connectivity index (χ0v) is 15.2. The summed E-state index contributed by atoms with van der Waals surface area (Å²) in [6, 6.07) is 0. The highest BCUT2D eigenvalue weighted by molar-refractivity contribution is 7.90. The van der Waals surface area contributed by atoms with Gasteiger partial charge in [-0.25, -0.2) is 13.9 Å². The summed E-state index contributed by atoms with van der Waals surface area (Å²) in [4.78, 5) is 10.3. The molecule has 1 aromatic rings. The van der Waals surface area contributed by atoms with E-state index < -0.39 is 56.9 Å². The molecule has 0 atom stereocenters. The number of carbonyl (C=O) groups is 1. The van der Waals surface area contributed by atoms with Crippen LogP contribution in [0.3, 0.4) is 0 Å². The summed E-state index contributed by atoms with van der Waals surface area (Å²) in [6.45, 7) is -0.923. The molecule has 1 rings (SSSR count). The molecule has 0 saturated heterocycles. The molecular formula is C12H13F13N3O3S+. The summed E-state index contributed by atoms with van der Waals surface area (Å²) in [6.07, 6.45) is -6.81. The van der Waals surface area contributed by atoms with Gasteiger partial charge in [-0.15, -0.1) is 0 Å². The topological polar surface area (TPSA) is 72.0 Å². The Balaban J connectivity index is 0. The Morgan fingerprint density at radius 2 is 1.38 bits per heavy atom. The van der Waals surface area contributed by atoms with Crippen LogP contribution in [-0.4, -0.2) is 48.6 Å². The van der Waals surface area contributed by atoms with Crippen LogP contribution in [0.25, 0.3) is 0 Å². The van der Waals surface area contributed by atoms with E-state index in [-0.39, 0.29) is 7.43 Å². The van der Waals surface area contributed by atoms with E-state index in [0.717, 1.165) is 4.57 Å². The molecule has 1 heterocycles. The van der Waals surface area contributed by atoms with Gasteiger partial charge in [-0.1, -0.05) is 7.43 Å². The van der Waals surface area contributed by atoms with Crippen molar-refractivity contribution in [1.82, 2.24) is 9.29 Å². The number of nitrogens with one attached hydrogen (secondary N) is 1. The second kappa shape index (κ2) is 9.69. The van der Waals surface area contributed by atoms with E-state index in [9.17, 15) is 70.3 Å². The van der Waals surface area contributed by atoms with Crippen molar-refractivity contribution in [2.75, 3.05) is 0 Å². The van der Waals surface area contributed by atoms with Crippen LogP contribution in [0.4, 0.5) is 57.1 Å². The van der Waals surface area contributed by atoms with Gasteiger partial charge in [0.2, 0.25) is 6.33 Å². The van der Waals surface area contributed by atoms with Crippen molar-refractivity contribution in [2.45, 2.75) is 43.7 Å². The van der Waals surface area contributed by atoms with Crippen molar-refractivity contribution in [3.8, 4) is 0 Å². The molecule has 0 unspecified atom stereocenters. The average Bonchev–Trinajstić information content (AvgIpc) is 2.87. The van der Waals surface area contributed by atoms with Gasteiger partial charge in [0.1, 0.15) is 12.4 Å². The summed E-state index contributed by atoms with van der Waals surface area (Å²) in [5.41, 5.74) is -6.37. The first-order chi connectivity index (χ1) is 13.3. The molecule has 0 aliphatic heterocycles. The zero-order valence-electron chi connectivity index (χ0n) is 14.4. The van der Waals surface area contributed by atoms with Crippen molar-refractivity contribution in [3.63, 3.8) is 0 Å². The van der Waals surface area contributed by atoms with Crippen LogP contribution in [0.1, 0.15) is 7.43 Å². The lowest BCUT2D eigenvalue weighted by molar-refractivity contribution is -0.671. The number of aromatic nitrogens is 2.